The van der Waals surface area contributed by atoms with Crippen LogP contribution in [0, 0.1) is 27.7 Å². The third-order valence-electron chi connectivity index (χ3n) is 4.57. The molecule has 1 aromatic carbocycles. The molecule has 142 valence electrons. The van der Waals surface area contributed by atoms with Crippen molar-refractivity contribution in [3.8, 4) is 0 Å². The van der Waals surface area contributed by atoms with E-state index in [0.29, 0.717) is 16.6 Å². The van der Waals surface area contributed by atoms with Crippen LogP contribution in [-0.4, -0.2) is 20.9 Å². The van der Waals surface area contributed by atoms with E-state index in [1.54, 1.807) is 28.6 Å². The Bertz CT molecular complexity index is 1130. The molecule has 0 atom stereocenters. The number of anilines is 1. The minimum Gasteiger partial charge on any atom is -0.279 e. The number of hydrogen-bond donors (Lipinski definition) is 0. The number of aromatic nitrogens is 3. The Morgan fingerprint density at radius 3 is 2.46 bits per heavy atom. The smallest absolute Gasteiger partial charge is 0.272 e. The molecular weight excluding hydrogens is 388 g/mol. The summed E-state index contributed by atoms with van der Waals surface area (Å²) in [5.74, 6) is -0.0682. The van der Waals surface area contributed by atoms with E-state index in [0.717, 1.165) is 32.0 Å². The van der Waals surface area contributed by atoms with Gasteiger partial charge in [-0.25, -0.2) is 9.97 Å². The maximum absolute atomic E-state index is 13.5. The van der Waals surface area contributed by atoms with Gasteiger partial charge in [-0.2, -0.15) is 0 Å². The number of benzene rings is 1. The highest BCUT2D eigenvalue weighted by Crippen LogP contribution is 2.35. The Hall–Kier alpha value is -2.64. The van der Waals surface area contributed by atoms with Gasteiger partial charge in [0.25, 0.3) is 5.91 Å². The predicted molar refractivity (Wildman–Crippen MR) is 115 cm³/mol. The minimum absolute atomic E-state index is 0.0682. The lowest BCUT2D eigenvalue weighted by molar-refractivity contribution is 0.0988. The monoisotopic (exact) mass is 408 g/mol. The topological polar surface area (TPSA) is 59.0 Å². The molecule has 7 heteroatoms. The van der Waals surface area contributed by atoms with E-state index in [1.165, 1.54) is 16.9 Å². The van der Waals surface area contributed by atoms with E-state index >= 15 is 0 Å². The molecule has 0 aliphatic carbocycles. The van der Waals surface area contributed by atoms with Crippen LogP contribution in [0.2, 0.25) is 0 Å². The average molecular weight is 409 g/mol. The maximum Gasteiger partial charge on any atom is 0.272 e. The highest BCUT2D eigenvalue weighted by Gasteiger charge is 2.26. The summed E-state index contributed by atoms with van der Waals surface area (Å²) in [4.78, 5) is 29.3. The van der Waals surface area contributed by atoms with E-state index in [-0.39, 0.29) is 5.91 Å². The molecule has 4 aromatic rings. The first kappa shape index (κ1) is 18.7. The number of carbonyl (C=O) groups is 1. The third-order valence-corrected chi connectivity index (χ3v) is 6.84. The van der Waals surface area contributed by atoms with Gasteiger partial charge in [-0.1, -0.05) is 29.5 Å². The van der Waals surface area contributed by atoms with Gasteiger partial charge in [0.05, 0.1) is 27.5 Å². The van der Waals surface area contributed by atoms with E-state index in [4.69, 9.17) is 4.98 Å². The molecule has 1 amide bonds. The van der Waals surface area contributed by atoms with Crippen LogP contribution in [0.4, 0.5) is 5.13 Å². The molecule has 3 aromatic heterocycles. The molecule has 0 N–H and O–H groups in total. The largest absolute Gasteiger partial charge is 0.279 e. The van der Waals surface area contributed by atoms with Crippen LogP contribution in [0.3, 0.4) is 0 Å². The van der Waals surface area contributed by atoms with Gasteiger partial charge in [0, 0.05) is 12.4 Å². The predicted octanol–water partition coefficient (Wildman–Crippen LogP) is 5.23. The van der Waals surface area contributed by atoms with Gasteiger partial charge >= 0.3 is 0 Å². The fourth-order valence-electron chi connectivity index (χ4n) is 3.12. The van der Waals surface area contributed by atoms with Crippen LogP contribution < -0.4 is 4.90 Å². The molecule has 28 heavy (non-hydrogen) atoms. The van der Waals surface area contributed by atoms with Crippen molar-refractivity contribution in [2.45, 2.75) is 34.2 Å². The highest BCUT2D eigenvalue weighted by atomic mass is 32.1. The summed E-state index contributed by atoms with van der Waals surface area (Å²) < 4.78 is 1.12. The van der Waals surface area contributed by atoms with Crippen molar-refractivity contribution in [1.82, 2.24) is 15.0 Å². The van der Waals surface area contributed by atoms with Gasteiger partial charge in [-0.05, 0) is 50.5 Å². The molecule has 0 unspecified atom stereocenters. The van der Waals surface area contributed by atoms with Crippen LogP contribution in [-0.2, 0) is 6.54 Å². The molecule has 0 fully saturated rings. The average Bonchev–Trinajstić information content (AvgIpc) is 3.27. The summed E-state index contributed by atoms with van der Waals surface area (Å²) in [6.45, 7) is 8.35. The summed E-state index contributed by atoms with van der Waals surface area (Å²) in [5, 5.41) is 1.59. The molecule has 0 saturated heterocycles. The van der Waals surface area contributed by atoms with Gasteiger partial charge in [0.1, 0.15) is 4.88 Å². The zero-order valence-electron chi connectivity index (χ0n) is 16.2. The number of nitrogens with zero attached hydrogens (tertiary/aromatic N) is 4. The first-order chi connectivity index (χ1) is 13.4. The number of amides is 1. The Morgan fingerprint density at radius 2 is 1.82 bits per heavy atom. The number of thiazole rings is 2. The molecule has 4 rings (SSSR count). The lowest BCUT2D eigenvalue weighted by Crippen LogP contribution is -2.30. The first-order valence-corrected chi connectivity index (χ1v) is 10.6. The fourth-order valence-corrected chi connectivity index (χ4v) is 5.09. The quantitative estimate of drug-likeness (QED) is 0.464. The van der Waals surface area contributed by atoms with Crippen molar-refractivity contribution in [2.24, 2.45) is 0 Å². The standard InChI is InChI=1S/C21H20N4OS2/c1-12-7-8-13(2)18-17(12)24-21(28-18)25(11-16-6-5-9-22-10-16)20(26)19-14(3)23-15(4)27-19/h5-10H,11H2,1-4H3. The first-order valence-electron chi connectivity index (χ1n) is 8.95. The molecule has 0 aliphatic heterocycles. The molecule has 0 bridgehead atoms. The number of pyridine rings is 1. The van der Waals surface area contributed by atoms with Crippen molar-refractivity contribution in [2.75, 3.05) is 4.90 Å². The van der Waals surface area contributed by atoms with Crippen molar-refractivity contribution >= 4 is 43.9 Å². The van der Waals surface area contributed by atoms with Crippen LogP contribution in [0.5, 0.6) is 0 Å². The molecule has 0 saturated carbocycles. The van der Waals surface area contributed by atoms with Crippen LogP contribution in [0.1, 0.15) is 37.1 Å². The summed E-state index contributed by atoms with van der Waals surface area (Å²) in [5.41, 5.74) is 4.96. The molecule has 0 radical (unpaired) electrons. The van der Waals surface area contributed by atoms with Gasteiger partial charge in [-0.3, -0.25) is 14.7 Å². The number of rotatable bonds is 4. The van der Waals surface area contributed by atoms with Crippen molar-refractivity contribution in [3.05, 3.63) is 68.9 Å². The number of aryl methyl sites for hydroxylation is 4. The normalized spacial score (nSPS) is 11.1. The molecule has 0 spiro atoms. The zero-order chi connectivity index (χ0) is 19.8. The van der Waals surface area contributed by atoms with Crippen molar-refractivity contribution < 1.29 is 4.79 Å². The second-order valence-corrected chi connectivity index (χ2v) is 8.95. The van der Waals surface area contributed by atoms with Gasteiger partial charge < -0.3 is 0 Å². The second-order valence-electron chi connectivity index (χ2n) is 6.77. The summed E-state index contributed by atoms with van der Waals surface area (Å²) in [7, 11) is 0. The number of hydrogen-bond acceptors (Lipinski definition) is 6. The van der Waals surface area contributed by atoms with Gasteiger partial charge in [0.2, 0.25) is 0 Å². The third kappa shape index (κ3) is 3.43. The van der Waals surface area contributed by atoms with Crippen LogP contribution in [0.15, 0.2) is 36.7 Å². The van der Waals surface area contributed by atoms with E-state index < -0.39 is 0 Å². The zero-order valence-corrected chi connectivity index (χ0v) is 17.8. The Kier molecular flexibility index (Phi) is 4.95. The Labute approximate surface area is 171 Å². The van der Waals surface area contributed by atoms with Gasteiger partial charge in [0.15, 0.2) is 5.13 Å². The molecular formula is C21H20N4OS2. The summed E-state index contributed by atoms with van der Waals surface area (Å²) in [6.07, 6.45) is 3.52. The summed E-state index contributed by atoms with van der Waals surface area (Å²) >= 11 is 2.99. The number of carbonyl (C=O) groups excluding carboxylic acids is 1. The van der Waals surface area contributed by atoms with Crippen LogP contribution in [0.25, 0.3) is 10.2 Å². The van der Waals surface area contributed by atoms with E-state index in [2.05, 4.69) is 35.9 Å². The van der Waals surface area contributed by atoms with E-state index in [9.17, 15) is 4.79 Å². The Balaban J connectivity index is 1.83. The lowest BCUT2D eigenvalue weighted by Gasteiger charge is -2.19. The molecule has 0 aliphatic rings. The SMILES string of the molecule is Cc1nc(C)c(C(=O)N(Cc2cccnc2)c2nc3c(C)ccc(C)c3s2)s1. The number of fused-ring (bicyclic) bond motifs is 1. The maximum atomic E-state index is 13.5. The Morgan fingerprint density at radius 1 is 1.04 bits per heavy atom. The fraction of sp³-hybridized carbons (Fsp3) is 0.238. The van der Waals surface area contributed by atoms with Crippen molar-refractivity contribution in [1.29, 1.82) is 0 Å². The minimum atomic E-state index is -0.0682. The second kappa shape index (κ2) is 7.41. The summed E-state index contributed by atoms with van der Waals surface area (Å²) in [6, 6.07) is 8.03. The molecule has 5 nitrogen and oxygen atoms in total. The van der Waals surface area contributed by atoms with Crippen LogP contribution >= 0.6 is 22.7 Å². The van der Waals surface area contributed by atoms with Crippen molar-refractivity contribution in [3.63, 3.8) is 0 Å². The van der Waals surface area contributed by atoms with E-state index in [1.807, 2.05) is 26.0 Å². The van der Waals surface area contributed by atoms with Gasteiger partial charge in [-0.15, -0.1) is 11.3 Å². The lowest BCUT2D eigenvalue weighted by atomic mass is 10.1. The molecule has 3 heterocycles. The highest BCUT2D eigenvalue weighted by molar-refractivity contribution is 7.22.